The van der Waals surface area contributed by atoms with Crippen molar-refractivity contribution in [3.8, 4) is 11.5 Å². The number of amides is 1. The van der Waals surface area contributed by atoms with Crippen LogP contribution in [-0.2, 0) is 16.0 Å². The lowest BCUT2D eigenvalue weighted by molar-refractivity contribution is -0.142. The van der Waals surface area contributed by atoms with Gasteiger partial charge in [-0.2, -0.15) is 0 Å². The maximum atomic E-state index is 12.8. The van der Waals surface area contributed by atoms with Crippen LogP contribution in [0.4, 0.5) is 0 Å². The van der Waals surface area contributed by atoms with Crippen molar-refractivity contribution in [1.29, 1.82) is 0 Å². The van der Waals surface area contributed by atoms with E-state index < -0.39 is 17.9 Å². The molecule has 0 unspecified atom stereocenters. The van der Waals surface area contributed by atoms with Gasteiger partial charge in [0.25, 0.3) is 5.91 Å². The highest BCUT2D eigenvalue weighted by Gasteiger charge is 2.24. The largest absolute Gasteiger partial charge is 0.493 e. The van der Waals surface area contributed by atoms with Gasteiger partial charge in [-0.05, 0) is 29.8 Å². The van der Waals surface area contributed by atoms with Crippen molar-refractivity contribution < 1.29 is 23.8 Å². The summed E-state index contributed by atoms with van der Waals surface area (Å²) in [6.45, 7) is 3.92. The summed E-state index contributed by atoms with van der Waals surface area (Å²) >= 11 is 0. The van der Waals surface area contributed by atoms with E-state index in [1.165, 1.54) is 14.2 Å². The lowest BCUT2D eigenvalue weighted by atomic mass is 10.0. The molecule has 0 saturated carbocycles. The molecule has 0 bridgehead atoms. The standard InChI is InChI=1S/C23H24N2O5/c1-4-11-30-20-10-9-15(13-21(20)28-2)22(26)25-19(23(27)29-3)12-16-14-24-18-8-6-5-7-17(16)18/h4-10,13-14,19,24H,1,11-12H2,2-3H3,(H,25,26)/t19-/m1/s1. The van der Waals surface area contributed by atoms with E-state index in [9.17, 15) is 9.59 Å². The fraction of sp³-hybridized carbons (Fsp3) is 0.217. The highest BCUT2D eigenvalue weighted by molar-refractivity contribution is 5.97. The number of para-hydroxylation sites is 1. The van der Waals surface area contributed by atoms with Gasteiger partial charge < -0.3 is 24.5 Å². The molecule has 2 N–H and O–H groups in total. The van der Waals surface area contributed by atoms with E-state index in [1.54, 1.807) is 24.3 Å². The molecule has 0 aliphatic carbocycles. The molecule has 7 nitrogen and oxygen atoms in total. The number of methoxy groups -OCH3 is 2. The molecule has 30 heavy (non-hydrogen) atoms. The zero-order chi connectivity index (χ0) is 21.5. The number of fused-ring (bicyclic) bond motifs is 1. The van der Waals surface area contributed by atoms with Gasteiger partial charge in [-0.15, -0.1) is 0 Å². The molecular formula is C23H24N2O5. The molecule has 1 aromatic heterocycles. The van der Waals surface area contributed by atoms with E-state index in [0.717, 1.165) is 16.5 Å². The van der Waals surface area contributed by atoms with Crippen molar-refractivity contribution in [1.82, 2.24) is 10.3 Å². The predicted octanol–water partition coefficient (Wildman–Crippen LogP) is 3.26. The molecule has 2 aromatic carbocycles. The van der Waals surface area contributed by atoms with Gasteiger partial charge in [0, 0.05) is 29.1 Å². The molecule has 3 rings (SSSR count). The van der Waals surface area contributed by atoms with Crippen LogP contribution < -0.4 is 14.8 Å². The molecule has 0 saturated heterocycles. The van der Waals surface area contributed by atoms with Crippen molar-refractivity contribution in [3.05, 3.63) is 72.4 Å². The van der Waals surface area contributed by atoms with Gasteiger partial charge in [0.2, 0.25) is 0 Å². The van der Waals surface area contributed by atoms with Gasteiger partial charge >= 0.3 is 5.97 Å². The topological polar surface area (TPSA) is 89.7 Å². The van der Waals surface area contributed by atoms with Crippen LogP contribution >= 0.6 is 0 Å². The summed E-state index contributed by atoms with van der Waals surface area (Å²) in [5.74, 6) is -0.0293. The Bertz CT molecular complexity index is 1060. The number of hydrogen-bond donors (Lipinski definition) is 2. The van der Waals surface area contributed by atoms with E-state index in [2.05, 4.69) is 16.9 Å². The number of nitrogens with one attached hydrogen (secondary N) is 2. The van der Waals surface area contributed by atoms with Gasteiger partial charge in [-0.3, -0.25) is 4.79 Å². The summed E-state index contributed by atoms with van der Waals surface area (Å²) in [6, 6.07) is 11.7. The van der Waals surface area contributed by atoms with Crippen molar-refractivity contribution in [2.75, 3.05) is 20.8 Å². The van der Waals surface area contributed by atoms with Crippen molar-refractivity contribution in [3.63, 3.8) is 0 Å². The summed E-state index contributed by atoms with van der Waals surface area (Å²) in [7, 11) is 2.79. The number of ether oxygens (including phenoxy) is 3. The van der Waals surface area contributed by atoms with Crippen molar-refractivity contribution in [2.24, 2.45) is 0 Å². The Morgan fingerprint density at radius 2 is 1.97 bits per heavy atom. The van der Waals surface area contributed by atoms with Crippen LogP contribution in [0.3, 0.4) is 0 Å². The summed E-state index contributed by atoms with van der Waals surface area (Å²) in [5, 5.41) is 3.75. The van der Waals surface area contributed by atoms with Crippen LogP contribution in [-0.4, -0.2) is 43.7 Å². The minimum absolute atomic E-state index is 0.292. The second-order valence-corrected chi connectivity index (χ2v) is 6.58. The Hall–Kier alpha value is -3.74. The minimum Gasteiger partial charge on any atom is -0.493 e. The second-order valence-electron chi connectivity index (χ2n) is 6.58. The Morgan fingerprint density at radius 1 is 1.17 bits per heavy atom. The summed E-state index contributed by atoms with van der Waals surface area (Å²) in [4.78, 5) is 28.3. The molecule has 1 heterocycles. The quantitative estimate of drug-likeness (QED) is 0.419. The van der Waals surface area contributed by atoms with Gasteiger partial charge in [0.15, 0.2) is 11.5 Å². The molecule has 3 aromatic rings. The molecule has 0 fully saturated rings. The summed E-state index contributed by atoms with van der Waals surface area (Å²) in [6.07, 6.45) is 3.74. The fourth-order valence-electron chi connectivity index (χ4n) is 3.17. The minimum atomic E-state index is -0.843. The molecule has 156 valence electrons. The Labute approximate surface area is 174 Å². The monoisotopic (exact) mass is 408 g/mol. The van der Waals surface area contributed by atoms with Gasteiger partial charge in [0.1, 0.15) is 12.6 Å². The first-order valence-electron chi connectivity index (χ1n) is 9.42. The second kappa shape index (κ2) is 9.65. The van der Waals surface area contributed by atoms with E-state index in [-0.39, 0.29) is 0 Å². The smallest absolute Gasteiger partial charge is 0.328 e. The van der Waals surface area contributed by atoms with Crippen LogP contribution in [0, 0.1) is 0 Å². The van der Waals surface area contributed by atoms with E-state index in [0.29, 0.717) is 30.1 Å². The zero-order valence-electron chi connectivity index (χ0n) is 16.9. The molecule has 1 amide bonds. The molecule has 0 aliphatic heterocycles. The number of aromatic amines is 1. The number of carbonyl (C=O) groups is 2. The van der Waals surface area contributed by atoms with E-state index in [1.807, 2.05) is 30.5 Å². The average molecular weight is 408 g/mol. The van der Waals surface area contributed by atoms with Crippen LogP contribution in [0.1, 0.15) is 15.9 Å². The first kappa shape index (κ1) is 21.0. The normalized spacial score (nSPS) is 11.5. The van der Waals surface area contributed by atoms with Gasteiger partial charge in [0.05, 0.1) is 14.2 Å². The third-order valence-corrected chi connectivity index (χ3v) is 4.67. The van der Waals surface area contributed by atoms with Crippen molar-refractivity contribution >= 4 is 22.8 Å². The zero-order valence-corrected chi connectivity index (χ0v) is 16.9. The molecule has 0 aliphatic rings. The Morgan fingerprint density at radius 3 is 2.70 bits per heavy atom. The molecule has 7 heteroatoms. The van der Waals surface area contributed by atoms with Gasteiger partial charge in [-0.1, -0.05) is 30.9 Å². The highest BCUT2D eigenvalue weighted by Crippen LogP contribution is 2.28. The van der Waals surface area contributed by atoms with Crippen molar-refractivity contribution in [2.45, 2.75) is 12.5 Å². The van der Waals surface area contributed by atoms with E-state index >= 15 is 0 Å². The highest BCUT2D eigenvalue weighted by atomic mass is 16.5. The predicted molar refractivity (Wildman–Crippen MR) is 114 cm³/mol. The molecule has 0 radical (unpaired) electrons. The first-order chi connectivity index (χ1) is 14.6. The third-order valence-electron chi connectivity index (χ3n) is 4.67. The number of H-pyrrole nitrogens is 1. The Kier molecular flexibility index (Phi) is 6.75. The SMILES string of the molecule is C=CCOc1ccc(C(=O)N[C@H](Cc2c[nH]c3ccccc23)C(=O)OC)cc1OC. The van der Waals surface area contributed by atoms with Crippen LogP contribution in [0.2, 0.25) is 0 Å². The van der Waals surface area contributed by atoms with Crippen LogP contribution in [0.15, 0.2) is 61.3 Å². The average Bonchev–Trinajstić information content (AvgIpc) is 3.19. The molecule has 0 spiro atoms. The number of rotatable bonds is 9. The Balaban J connectivity index is 1.80. The maximum Gasteiger partial charge on any atom is 0.328 e. The number of hydrogen-bond acceptors (Lipinski definition) is 5. The molecule has 1 atom stereocenters. The van der Waals surface area contributed by atoms with Crippen LogP contribution in [0.25, 0.3) is 10.9 Å². The molecular weight excluding hydrogens is 384 g/mol. The number of benzene rings is 2. The number of carbonyl (C=O) groups excluding carboxylic acids is 2. The first-order valence-corrected chi connectivity index (χ1v) is 9.42. The fourth-order valence-corrected chi connectivity index (χ4v) is 3.17. The summed E-state index contributed by atoms with van der Waals surface area (Å²) in [5.41, 5.74) is 2.21. The maximum absolute atomic E-state index is 12.8. The lowest BCUT2D eigenvalue weighted by Gasteiger charge is -2.17. The van der Waals surface area contributed by atoms with E-state index in [4.69, 9.17) is 14.2 Å². The number of aromatic nitrogens is 1. The number of esters is 1. The summed E-state index contributed by atoms with van der Waals surface area (Å²) < 4.78 is 15.7. The van der Waals surface area contributed by atoms with Crippen LogP contribution in [0.5, 0.6) is 11.5 Å². The lowest BCUT2D eigenvalue weighted by Crippen LogP contribution is -2.43. The third kappa shape index (κ3) is 4.63. The van der Waals surface area contributed by atoms with Gasteiger partial charge in [-0.25, -0.2) is 4.79 Å².